The molecule has 2 aromatic rings. The molecule has 0 fully saturated rings. The first kappa shape index (κ1) is 18.3. The Morgan fingerprint density at radius 3 is 2.46 bits per heavy atom. The predicted molar refractivity (Wildman–Crippen MR) is 97.5 cm³/mol. The minimum absolute atomic E-state index is 0.179. The van der Waals surface area contributed by atoms with Crippen molar-refractivity contribution in [1.82, 2.24) is 10.3 Å². The first-order chi connectivity index (χ1) is 11.4. The molecule has 130 valence electrons. The van der Waals surface area contributed by atoms with Crippen molar-refractivity contribution >= 4 is 0 Å². The second-order valence-electron chi connectivity index (χ2n) is 6.79. The summed E-state index contributed by atoms with van der Waals surface area (Å²) in [7, 11) is 0. The van der Waals surface area contributed by atoms with Crippen LogP contribution in [-0.2, 0) is 6.54 Å². The molecule has 2 rings (SSSR count). The van der Waals surface area contributed by atoms with E-state index in [1.54, 1.807) is 6.20 Å². The van der Waals surface area contributed by atoms with Gasteiger partial charge in [0.25, 0.3) is 0 Å². The van der Waals surface area contributed by atoms with Crippen LogP contribution in [0.4, 0.5) is 0 Å². The SMILES string of the molecule is CCOc1ncccc1CN[C@@H](C)c1ccc(OC(C)(C)C)cc1. The van der Waals surface area contributed by atoms with Crippen LogP contribution in [0.3, 0.4) is 0 Å². The summed E-state index contributed by atoms with van der Waals surface area (Å²) in [5.74, 6) is 1.60. The molecule has 0 saturated heterocycles. The van der Waals surface area contributed by atoms with Gasteiger partial charge in [-0.25, -0.2) is 4.98 Å². The van der Waals surface area contributed by atoms with Gasteiger partial charge in [0.05, 0.1) is 6.61 Å². The number of hydrogen-bond acceptors (Lipinski definition) is 4. The lowest BCUT2D eigenvalue weighted by molar-refractivity contribution is 0.131. The van der Waals surface area contributed by atoms with Gasteiger partial charge in [0.1, 0.15) is 11.4 Å². The van der Waals surface area contributed by atoms with Crippen LogP contribution in [0.1, 0.15) is 51.8 Å². The highest BCUT2D eigenvalue weighted by Gasteiger charge is 2.12. The number of ether oxygens (including phenoxy) is 2. The minimum atomic E-state index is -0.179. The fourth-order valence-corrected chi connectivity index (χ4v) is 2.38. The lowest BCUT2D eigenvalue weighted by Gasteiger charge is -2.22. The maximum Gasteiger partial charge on any atom is 0.217 e. The lowest BCUT2D eigenvalue weighted by Crippen LogP contribution is -2.23. The van der Waals surface area contributed by atoms with Crippen molar-refractivity contribution in [2.45, 2.75) is 52.8 Å². The zero-order chi connectivity index (χ0) is 17.6. The maximum atomic E-state index is 5.86. The number of rotatable bonds is 7. The van der Waals surface area contributed by atoms with Crippen LogP contribution < -0.4 is 14.8 Å². The molecule has 0 amide bonds. The van der Waals surface area contributed by atoms with E-state index in [0.717, 1.165) is 11.3 Å². The zero-order valence-corrected chi connectivity index (χ0v) is 15.3. The highest BCUT2D eigenvalue weighted by atomic mass is 16.5. The summed E-state index contributed by atoms with van der Waals surface area (Å²) in [5, 5.41) is 3.52. The molecule has 0 saturated carbocycles. The summed E-state index contributed by atoms with van der Waals surface area (Å²) in [4.78, 5) is 4.29. The van der Waals surface area contributed by atoms with Crippen LogP contribution in [0.15, 0.2) is 42.6 Å². The van der Waals surface area contributed by atoms with Gasteiger partial charge in [0.15, 0.2) is 0 Å². The van der Waals surface area contributed by atoms with E-state index in [1.807, 2.05) is 31.2 Å². The van der Waals surface area contributed by atoms with Crippen LogP contribution in [0.25, 0.3) is 0 Å². The van der Waals surface area contributed by atoms with Crippen molar-refractivity contribution < 1.29 is 9.47 Å². The third-order valence-electron chi connectivity index (χ3n) is 3.53. The average Bonchev–Trinajstić information content (AvgIpc) is 2.53. The first-order valence-electron chi connectivity index (χ1n) is 8.48. The van der Waals surface area contributed by atoms with Crippen LogP contribution in [0, 0.1) is 0 Å². The third kappa shape index (κ3) is 5.53. The summed E-state index contributed by atoms with van der Waals surface area (Å²) in [6.45, 7) is 11.6. The van der Waals surface area contributed by atoms with Gasteiger partial charge in [0.2, 0.25) is 5.88 Å². The Morgan fingerprint density at radius 1 is 1.12 bits per heavy atom. The van der Waals surface area contributed by atoms with Gasteiger partial charge in [-0.05, 0) is 58.4 Å². The van der Waals surface area contributed by atoms with Gasteiger partial charge < -0.3 is 14.8 Å². The molecule has 4 nitrogen and oxygen atoms in total. The van der Waals surface area contributed by atoms with Crippen LogP contribution in [0.5, 0.6) is 11.6 Å². The number of aromatic nitrogens is 1. The average molecular weight is 328 g/mol. The van der Waals surface area contributed by atoms with Gasteiger partial charge in [-0.1, -0.05) is 18.2 Å². The molecule has 1 aromatic carbocycles. The Hall–Kier alpha value is -2.07. The van der Waals surface area contributed by atoms with E-state index in [-0.39, 0.29) is 11.6 Å². The largest absolute Gasteiger partial charge is 0.488 e. The molecule has 0 aliphatic carbocycles. The molecule has 0 spiro atoms. The van der Waals surface area contributed by atoms with E-state index in [2.05, 4.69) is 50.1 Å². The summed E-state index contributed by atoms with van der Waals surface area (Å²) >= 11 is 0. The highest BCUT2D eigenvalue weighted by Crippen LogP contribution is 2.22. The van der Waals surface area contributed by atoms with Gasteiger partial charge in [-0.3, -0.25) is 0 Å². The first-order valence-corrected chi connectivity index (χ1v) is 8.48. The summed E-state index contributed by atoms with van der Waals surface area (Å²) in [5.41, 5.74) is 2.11. The molecule has 1 N–H and O–H groups in total. The van der Waals surface area contributed by atoms with Gasteiger partial charge in [-0.2, -0.15) is 0 Å². The summed E-state index contributed by atoms with van der Waals surface area (Å²) < 4.78 is 11.4. The summed E-state index contributed by atoms with van der Waals surface area (Å²) in [6, 6.07) is 12.4. The van der Waals surface area contributed by atoms with Crippen LogP contribution >= 0.6 is 0 Å². The molecule has 4 heteroatoms. The molecular weight excluding hydrogens is 300 g/mol. The fraction of sp³-hybridized carbons (Fsp3) is 0.450. The highest BCUT2D eigenvalue weighted by molar-refractivity contribution is 5.30. The van der Waals surface area contributed by atoms with Gasteiger partial charge >= 0.3 is 0 Å². The predicted octanol–water partition coefficient (Wildman–Crippen LogP) is 4.51. The summed E-state index contributed by atoms with van der Waals surface area (Å²) in [6.07, 6.45) is 1.76. The molecule has 0 aliphatic heterocycles. The molecule has 0 bridgehead atoms. The van der Waals surface area contributed by atoms with Crippen molar-refractivity contribution in [2.75, 3.05) is 6.61 Å². The molecule has 0 unspecified atom stereocenters. The zero-order valence-electron chi connectivity index (χ0n) is 15.3. The van der Waals surface area contributed by atoms with Crippen molar-refractivity contribution in [2.24, 2.45) is 0 Å². The number of benzene rings is 1. The second kappa shape index (κ2) is 8.15. The maximum absolute atomic E-state index is 5.86. The Kier molecular flexibility index (Phi) is 6.21. The third-order valence-corrected chi connectivity index (χ3v) is 3.53. The van der Waals surface area contributed by atoms with E-state index in [4.69, 9.17) is 9.47 Å². The molecule has 24 heavy (non-hydrogen) atoms. The number of pyridine rings is 1. The second-order valence-corrected chi connectivity index (χ2v) is 6.79. The monoisotopic (exact) mass is 328 g/mol. The van der Waals surface area contributed by atoms with Crippen molar-refractivity contribution in [3.63, 3.8) is 0 Å². The lowest BCUT2D eigenvalue weighted by atomic mass is 10.1. The van der Waals surface area contributed by atoms with Crippen molar-refractivity contribution in [3.05, 3.63) is 53.7 Å². The molecule has 1 aromatic heterocycles. The number of nitrogens with zero attached hydrogens (tertiary/aromatic N) is 1. The fourth-order valence-electron chi connectivity index (χ4n) is 2.38. The Labute approximate surface area is 145 Å². The van der Waals surface area contributed by atoms with Crippen LogP contribution in [-0.4, -0.2) is 17.2 Å². The van der Waals surface area contributed by atoms with Gasteiger partial charge in [0, 0.05) is 24.3 Å². The number of hydrogen-bond donors (Lipinski definition) is 1. The Morgan fingerprint density at radius 2 is 1.83 bits per heavy atom. The molecule has 1 heterocycles. The van der Waals surface area contributed by atoms with E-state index in [0.29, 0.717) is 19.0 Å². The molecule has 0 aliphatic rings. The Bertz CT molecular complexity index is 633. The molecule has 1 atom stereocenters. The quantitative estimate of drug-likeness (QED) is 0.812. The van der Waals surface area contributed by atoms with Crippen LogP contribution in [0.2, 0.25) is 0 Å². The van der Waals surface area contributed by atoms with E-state index < -0.39 is 0 Å². The Balaban J connectivity index is 1.96. The molecular formula is C20H28N2O2. The topological polar surface area (TPSA) is 43.4 Å². The molecule has 0 radical (unpaired) electrons. The van der Waals surface area contributed by atoms with Gasteiger partial charge in [-0.15, -0.1) is 0 Å². The normalized spacial score (nSPS) is 12.7. The van der Waals surface area contributed by atoms with E-state index in [9.17, 15) is 0 Å². The van der Waals surface area contributed by atoms with Crippen molar-refractivity contribution in [3.8, 4) is 11.6 Å². The minimum Gasteiger partial charge on any atom is -0.488 e. The van der Waals surface area contributed by atoms with Crippen molar-refractivity contribution in [1.29, 1.82) is 0 Å². The standard InChI is InChI=1S/C20H28N2O2/c1-6-23-19-17(8-7-13-21-19)14-22-15(2)16-9-11-18(12-10-16)24-20(3,4)5/h7-13,15,22H,6,14H2,1-5H3/t15-/m0/s1. The smallest absolute Gasteiger partial charge is 0.217 e. The van der Waals surface area contributed by atoms with E-state index in [1.165, 1.54) is 5.56 Å². The van der Waals surface area contributed by atoms with E-state index >= 15 is 0 Å². The number of nitrogens with one attached hydrogen (secondary N) is 1.